The highest BCUT2D eigenvalue weighted by Crippen LogP contribution is 2.04. The van der Waals surface area contributed by atoms with Crippen LogP contribution in [0.3, 0.4) is 0 Å². The summed E-state index contributed by atoms with van der Waals surface area (Å²) in [6, 6.07) is 2.64. The number of hydrogen-bond acceptors (Lipinski definition) is 4. The van der Waals surface area contributed by atoms with Gasteiger partial charge in [0.2, 0.25) is 0 Å². The van der Waals surface area contributed by atoms with Crippen molar-refractivity contribution < 1.29 is 14.3 Å². The zero-order valence-electron chi connectivity index (χ0n) is 11.3. The van der Waals surface area contributed by atoms with Crippen LogP contribution in [-0.4, -0.2) is 47.0 Å². The van der Waals surface area contributed by atoms with Gasteiger partial charge in [-0.2, -0.15) is 0 Å². The molecule has 0 atom stereocenters. The van der Waals surface area contributed by atoms with Crippen LogP contribution in [0.2, 0.25) is 0 Å². The maximum absolute atomic E-state index is 12.7. The highest BCUT2D eigenvalue weighted by molar-refractivity contribution is 5.94. The zero-order valence-corrected chi connectivity index (χ0v) is 11.3. The van der Waals surface area contributed by atoms with Gasteiger partial charge in [0, 0.05) is 19.5 Å². The van der Waals surface area contributed by atoms with Crippen LogP contribution >= 0.6 is 0 Å². The number of rotatable bonds is 9. The summed E-state index contributed by atoms with van der Waals surface area (Å²) < 4.78 is 12.7. The van der Waals surface area contributed by atoms with Crippen molar-refractivity contribution in [2.24, 2.45) is 0 Å². The number of hydrogen-bond donors (Lipinski definition) is 1. The van der Waals surface area contributed by atoms with E-state index in [1.165, 1.54) is 12.1 Å². The van der Waals surface area contributed by atoms with Gasteiger partial charge in [-0.05, 0) is 25.1 Å². The molecule has 0 aliphatic heterocycles. The molecule has 19 heavy (non-hydrogen) atoms. The molecule has 0 aromatic carbocycles. The minimum absolute atomic E-state index is 0.0900. The van der Waals surface area contributed by atoms with E-state index in [9.17, 15) is 9.18 Å². The Morgan fingerprint density at radius 3 is 2.74 bits per heavy atom. The lowest BCUT2D eigenvalue weighted by Crippen LogP contribution is -2.30. The molecule has 0 radical (unpaired) electrons. The molecular formula is C14H21FN2O2. The molecule has 1 aromatic rings. The Balaban J connectivity index is 2.44. The SMILES string of the molecule is CCCCN(CCO)CCC(=O)c1ccc(F)cn1. The molecule has 0 spiro atoms. The largest absolute Gasteiger partial charge is 0.395 e. The van der Waals surface area contributed by atoms with Crippen LogP contribution in [0.4, 0.5) is 4.39 Å². The standard InChI is InChI=1S/C14H21FN2O2/c1-2-3-7-17(9-10-18)8-6-14(19)13-5-4-12(15)11-16-13/h4-5,11,18H,2-3,6-10H2,1H3. The fourth-order valence-corrected chi connectivity index (χ4v) is 1.79. The maximum Gasteiger partial charge on any atom is 0.182 e. The smallest absolute Gasteiger partial charge is 0.182 e. The van der Waals surface area contributed by atoms with Crippen molar-refractivity contribution in [1.29, 1.82) is 0 Å². The number of aliphatic hydroxyl groups is 1. The molecule has 1 rings (SSSR count). The second kappa shape index (κ2) is 8.72. The van der Waals surface area contributed by atoms with Crippen molar-refractivity contribution in [2.45, 2.75) is 26.2 Å². The minimum Gasteiger partial charge on any atom is -0.395 e. The van der Waals surface area contributed by atoms with Crippen LogP contribution in [-0.2, 0) is 0 Å². The van der Waals surface area contributed by atoms with Gasteiger partial charge < -0.3 is 10.0 Å². The number of Topliss-reactive ketones (excluding diaryl/α,β-unsaturated/α-hetero) is 1. The normalized spacial score (nSPS) is 10.9. The minimum atomic E-state index is -0.443. The van der Waals surface area contributed by atoms with E-state index in [1.807, 2.05) is 0 Å². The predicted molar refractivity (Wildman–Crippen MR) is 71.6 cm³/mol. The molecule has 5 heteroatoms. The Bertz CT molecular complexity index is 382. The van der Waals surface area contributed by atoms with Crippen LogP contribution in [0.25, 0.3) is 0 Å². The Kier molecular flexibility index (Phi) is 7.22. The second-order valence-electron chi connectivity index (χ2n) is 4.45. The van der Waals surface area contributed by atoms with E-state index in [2.05, 4.69) is 16.8 Å². The third-order valence-corrected chi connectivity index (χ3v) is 2.91. The molecule has 1 aromatic heterocycles. The van der Waals surface area contributed by atoms with Crippen molar-refractivity contribution in [3.8, 4) is 0 Å². The second-order valence-corrected chi connectivity index (χ2v) is 4.45. The van der Waals surface area contributed by atoms with Crippen molar-refractivity contribution in [2.75, 3.05) is 26.2 Å². The average molecular weight is 268 g/mol. The van der Waals surface area contributed by atoms with Gasteiger partial charge in [-0.1, -0.05) is 13.3 Å². The van der Waals surface area contributed by atoms with E-state index in [0.717, 1.165) is 25.6 Å². The number of unbranched alkanes of at least 4 members (excludes halogenated alkanes) is 1. The van der Waals surface area contributed by atoms with Crippen LogP contribution in [0, 0.1) is 5.82 Å². The monoisotopic (exact) mass is 268 g/mol. The first-order chi connectivity index (χ1) is 9.17. The number of aromatic nitrogens is 1. The summed E-state index contributed by atoms with van der Waals surface area (Å²) in [5.41, 5.74) is 0.292. The average Bonchev–Trinajstić information content (AvgIpc) is 2.42. The molecule has 0 saturated heterocycles. The number of nitrogens with zero attached hydrogens (tertiary/aromatic N) is 2. The van der Waals surface area contributed by atoms with Gasteiger partial charge in [-0.25, -0.2) is 4.39 Å². The quantitative estimate of drug-likeness (QED) is 0.695. The lowest BCUT2D eigenvalue weighted by molar-refractivity contribution is 0.0951. The molecule has 0 aliphatic carbocycles. The van der Waals surface area contributed by atoms with Crippen LogP contribution in [0.5, 0.6) is 0 Å². The van der Waals surface area contributed by atoms with Crippen molar-refractivity contribution in [1.82, 2.24) is 9.88 Å². The van der Waals surface area contributed by atoms with Crippen LogP contribution in [0.15, 0.2) is 18.3 Å². The van der Waals surface area contributed by atoms with Gasteiger partial charge in [0.25, 0.3) is 0 Å². The van der Waals surface area contributed by atoms with E-state index < -0.39 is 5.82 Å². The Hall–Kier alpha value is -1.33. The molecule has 0 unspecified atom stereocenters. The van der Waals surface area contributed by atoms with Gasteiger partial charge in [0.15, 0.2) is 5.78 Å². The third kappa shape index (κ3) is 5.89. The summed E-state index contributed by atoms with van der Waals surface area (Å²) >= 11 is 0. The predicted octanol–water partition coefficient (Wildman–Crippen LogP) is 1.89. The molecule has 0 aliphatic rings. The first kappa shape index (κ1) is 15.7. The summed E-state index contributed by atoms with van der Waals surface area (Å²) in [6.45, 7) is 4.24. The molecule has 4 nitrogen and oxygen atoms in total. The summed E-state index contributed by atoms with van der Waals surface area (Å²) in [5, 5.41) is 8.97. The topological polar surface area (TPSA) is 53.4 Å². The molecule has 106 valence electrons. The Morgan fingerprint density at radius 2 is 2.16 bits per heavy atom. The summed E-state index contributed by atoms with van der Waals surface area (Å²) in [6.07, 6.45) is 3.51. The fourth-order valence-electron chi connectivity index (χ4n) is 1.79. The Labute approximate surface area is 113 Å². The first-order valence-corrected chi connectivity index (χ1v) is 6.65. The van der Waals surface area contributed by atoms with Gasteiger partial charge in [-0.3, -0.25) is 9.78 Å². The number of carbonyl (C=O) groups is 1. The number of aliphatic hydroxyl groups excluding tert-OH is 1. The number of carbonyl (C=O) groups excluding carboxylic acids is 1. The van der Waals surface area contributed by atoms with Crippen molar-refractivity contribution in [3.05, 3.63) is 29.8 Å². The molecule has 0 saturated carbocycles. The van der Waals surface area contributed by atoms with Crippen LogP contribution in [0.1, 0.15) is 36.7 Å². The van der Waals surface area contributed by atoms with E-state index in [1.54, 1.807) is 0 Å². The highest BCUT2D eigenvalue weighted by atomic mass is 19.1. The van der Waals surface area contributed by atoms with E-state index in [-0.39, 0.29) is 12.4 Å². The summed E-state index contributed by atoms with van der Waals surface area (Å²) in [4.78, 5) is 17.7. The summed E-state index contributed by atoms with van der Waals surface area (Å²) in [7, 11) is 0. The molecule has 0 bridgehead atoms. The molecule has 1 heterocycles. The van der Waals surface area contributed by atoms with E-state index in [4.69, 9.17) is 5.11 Å². The first-order valence-electron chi connectivity index (χ1n) is 6.65. The lowest BCUT2D eigenvalue weighted by atomic mass is 10.2. The number of pyridine rings is 1. The van der Waals surface area contributed by atoms with E-state index >= 15 is 0 Å². The van der Waals surface area contributed by atoms with Crippen molar-refractivity contribution in [3.63, 3.8) is 0 Å². The van der Waals surface area contributed by atoms with Crippen molar-refractivity contribution >= 4 is 5.78 Å². The van der Waals surface area contributed by atoms with E-state index in [0.29, 0.717) is 25.2 Å². The molecular weight excluding hydrogens is 247 g/mol. The lowest BCUT2D eigenvalue weighted by Gasteiger charge is -2.20. The van der Waals surface area contributed by atoms with Crippen LogP contribution < -0.4 is 0 Å². The number of ketones is 1. The highest BCUT2D eigenvalue weighted by Gasteiger charge is 2.10. The van der Waals surface area contributed by atoms with Gasteiger partial charge in [-0.15, -0.1) is 0 Å². The van der Waals surface area contributed by atoms with Gasteiger partial charge >= 0.3 is 0 Å². The number of halogens is 1. The van der Waals surface area contributed by atoms with Gasteiger partial charge in [0.05, 0.1) is 12.8 Å². The van der Waals surface area contributed by atoms with Gasteiger partial charge in [0.1, 0.15) is 11.5 Å². The molecule has 1 N–H and O–H groups in total. The fraction of sp³-hybridized carbons (Fsp3) is 0.571. The third-order valence-electron chi connectivity index (χ3n) is 2.91. The maximum atomic E-state index is 12.7. The molecule has 0 fully saturated rings. The molecule has 0 amide bonds. The zero-order chi connectivity index (χ0) is 14.1. The summed E-state index contributed by atoms with van der Waals surface area (Å²) in [5.74, 6) is -0.541. The Morgan fingerprint density at radius 1 is 1.37 bits per heavy atom.